The fourth-order valence-electron chi connectivity index (χ4n) is 1.28. The molecule has 0 radical (unpaired) electrons. The predicted molar refractivity (Wildman–Crippen MR) is 39.8 cm³/mol. The number of aliphatic hydroxyl groups excluding tert-OH is 1. The van der Waals surface area contributed by atoms with E-state index in [1.165, 1.54) is 0 Å². The van der Waals surface area contributed by atoms with E-state index in [0.717, 1.165) is 19.4 Å². The van der Waals surface area contributed by atoms with Crippen molar-refractivity contribution in [2.24, 2.45) is 5.41 Å². The van der Waals surface area contributed by atoms with Crippen LogP contribution in [0.25, 0.3) is 0 Å². The Morgan fingerprint density at radius 2 is 2.40 bits per heavy atom. The van der Waals surface area contributed by atoms with Crippen molar-refractivity contribution in [2.75, 3.05) is 13.2 Å². The molecule has 0 saturated carbocycles. The zero-order valence-corrected chi connectivity index (χ0v) is 6.76. The smallest absolute Gasteiger partial charge is 0.0637 e. The van der Waals surface area contributed by atoms with Crippen molar-refractivity contribution < 1.29 is 9.84 Å². The average Bonchev–Trinajstić information content (AvgIpc) is 1.96. The van der Waals surface area contributed by atoms with Gasteiger partial charge < -0.3 is 9.84 Å². The summed E-state index contributed by atoms with van der Waals surface area (Å²) in [6, 6.07) is 0. The van der Waals surface area contributed by atoms with Crippen molar-refractivity contribution >= 4 is 0 Å². The highest BCUT2D eigenvalue weighted by Gasteiger charge is 2.34. The van der Waals surface area contributed by atoms with Gasteiger partial charge in [0.25, 0.3) is 0 Å². The summed E-state index contributed by atoms with van der Waals surface area (Å²) in [6.45, 7) is 5.61. The van der Waals surface area contributed by atoms with E-state index in [2.05, 4.69) is 13.8 Å². The van der Waals surface area contributed by atoms with Crippen LogP contribution in [0.15, 0.2) is 0 Å². The molecule has 1 aliphatic rings. The Hall–Kier alpha value is -0.0800. The lowest BCUT2D eigenvalue weighted by Crippen LogP contribution is -2.41. The molecule has 1 heterocycles. The number of aliphatic hydroxyl groups is 1. The number of hydrogen-bond donors (Lipinski definition) is 1. The molecule has 0 spiro atoms. The highest BCUT2D eigenvalue weighted by atomic mass is 16.5. The van der Waals surface area contributed by atoms with Crippen molar-refractivity contribution in [3.63, 3.8) is 0 Å². The zero-order valence-electron chi connectivity index (χ0n) is 6.76. The molecule has 2 unspecified atom stereocenters. The second-order valence-electron chi connectivity index (χ2n) is 3.36. The Morgan fingerprint density at radius 3 is 2.80 bits per heavy atom. The molecule has 0 aromatic carbocycles. The fraction of sp³-hybridized carbons (Fsp3) is 1.00. The van der Waals surface area contributed by atoms with Crippen molar-refractivity contribution in [1.29, 1.82) is 0 Å². The minimum atomic E-state index is -0.161. The van der Waals surface area contributed by atoms with Gasteiger partial charge in [-0.25, -0.2) is 0 Å². The number of rotatable bonds is 1. The first-order valence-corrected chi connectivity index (χ1v) is 3.95. The molecule has 60 valence electrons. The van der Waals surface area contributed by atoms with Crippen molar-refractivity contribution in [2.45, 2.75) is 32.8 Å². The first kappa shape index (κ1) is 8.02. The highest BCUT2D eigenvalue weighted by molar-refractivity contribution is 4.83. The van der Waals surface area contributed by atoms with Crippen LogP contribution in [-0.4, -0.2) is 24.4 Å². The van der Waals surface area contributed by atoms with Crippen LogP contribution in [0.2, 0.25) is 0 Å². The van der Waals surface area contributed by atoms with Crippen LogP contribution in [0.5, 0.6) is 0 Å². The highest BCUT2D eigenvalue weighted by Crippen LogP contribution is 2.31. The molecule has 1 fully saturated rings. The van der Waals surface area contributed by atoms with Gasteiger partial charge in [-0.2, -0.15) is 0 Å². The van der Waals surface area contributed by atoms with Crippen molar-refractivity contribution in [1.82, 2.24) is 0 Å². The molecular formula is C8H16O2. The van der Waals surface area contributed by atoms with Crippen LogP contribution in [0.3, 0.4) is 0 Å². The standard InChI is InChI=1S/C8H16O2/c1-3-8(2)6-10-5-4-7(8)9/h7,9H,3-6H2,1-2H3. The van der Waals surface area contributed by atoms with Gasteiger partial charge >= 0.3 is 0 Å². The molecule has 0 amide bonds. The molecule has 0 aromatic heterocycles. The van der Waals surface area contributed by atoms with Gasteiger partial charge in [0.2, 0.25) is 0 Å². The maximum absolute atomic E-state index is 9.55. The van der Waals surface area contributed by atoms with E-state index >= 15 is 0 Å². The lowest BCUT2D eigenvalue weighted by Gasteiger charge is -2.37. The molecule has 2 nitrogen and oxygen atoms in total. The third kappa shape index (κ3) is 1.32. The lowest BCUT2D eigenvalue weighted by molar-refractivity contribution is -0.0913. The molecule has 1 aliphatic heterocycles. The minimum Gasteiger partial charge on any atom is -0.392 e. The Kier molecular flexibility index (Phi) is 2.32. The van der Waals surface area contributed by atoms with E-state index in [4.69, 9.17) is 4.74 Å². The average molecular weight is 144 g/mol. The molecule has 1 saturated heterocycles. The SMILES string of the molecule is CCC1(C)COCCC1O. The lowest BCUT2D eigenvalue weighted by atomic mass is 9.80. The maximum atomic E-state index is 9.55. The van der Waals surface area contributed by atoms with Gasteiger partial charge in [-0.15, -0.1) is 0 Å². The molecule has 2 heteroatoms. The third-order valence-corrected chi connectivity index (χ3v) is 2.58. The Labute approximate surface area is 62.2 Å². The van der Waals surface area contributed by atoms with Crippen LogP contribution in [-0.2, 0) is 4.74 Å². The summed E-state index contributed by atoms with van der Waals surface area (Å²) in [5, 5.41) is 9.55. The Balaban J connectivity index is 2.54. The summed E-state index contributed by atoms with van der Waals surface area (Å²) in [4.78, 5) is 0. The normalized spacial score (nSPS) is 41.7. The van der Waals surface area contributed by atoms with E-state index in [1.54, 1.807) is 0 Å². The second-order valence-corrected chi connectivity index (χ2v) is 3.36. The summed E-state index contributed by atoms with van der Waals surface area (Å²) in [5.74, 6) is 0. The number of ether oxygens (including phenoxy) is 1. The predicted octanol–water partition coefficient (Wildman–Crippen LogP) is 1.18. The molecule has 2 atom stereocenters. The maximum Gasteiger partial charge on any atom is 0.0637 e. The first-order valence-electron chi connectivity index (χ1n) is 3.95. The summed E-state index contributed by atoms with van der Waals surface area (Å²) >= 11 is 0. The monoisotopic (exact) mass is 144 g/mol. The molecule has 1 rings (SSSR count). The van der Waals surface area contributed by atoms with Gasteiger partial charge in [0.15, 0.2) is 0 Å². The molecule has 0 bridgehead atoms. The van der Waals surface area contributed by atoms with Gasteiger partial charge in [0, 0.05) is 12.0 Å². The topological polar surface area (TPSA) is 29.5 Å². The summed E-state index contributed by atoms with van der Waals surface area (Å²) in [6.07, 6.45) is 1.63. The minimum absolute atomic E-state index is 0.0122. The second kappa shape index (κ2) is 2.89. The van der Waals surface area contributed by atoms with Crippen LogP contribution in [0, 0.1) is 5.41 Å². The van der Waals surface area contributed by atoms with E-state index in [0.29, 0.717) is 6.61 Å². The van der Waals surface area contributed by atoms with Gasteiger partial charge in [0.1, 0.15) is 0 Å². The summed E-state index contributed by atoms with van der Waals surface area (Å²) < 4.78 is 5.29. The quantitative estimate of drug-likeness (QED) is 0.599. The van der Waals surface area contributed by atoms with Gasteiger partial charge in [0.05, 0.1) is 12.7 Å². The van der Waals surface area contributed by atoms with Crippen LogP contribution in [0.1, 0.15) is 26.7 Å². The zero-order chi connectivity index (χ0) is 7.61. The van der Waals surface area contributed by atoms with Crippen molar-refractivity contribution in [3.8, 4) is 0 Å². The van der Waals surface area contributed by atoms with Crippen molar-refractivity contribution in [3.05, 3.63) is 0 Å². The van der Waals surface area contributed by atoms with Gasteiger partial charge in [-0.05, 0) is 12.8 Å². The molecule has 0 aromatic rings. The van der Waals surface area contributed by atoms with Crippen LogP contribution < -0.4 is 0 Å². The van der Waals surface area contributed by atoms with E-state index in [-0.39, 0.29) is 11.5 Å². The Morgan fingerprint density at radius 1 is 1.70 bits per heavy atom. The van der Waals surface area contributed by atoms with E-state index < -0.39 is 0 Å². The Bertz CT molecular complexity index is 114. The largest absolute Gasteiger partial charge is 0.392 e. The van der Waals surface area contributed by atoms with Crippen LogP contribution in [0.4, 0.5) is 0 Å². The summed E-state index contributed by atoms with van der Waals surface area (Å²) in [5.41, 5.74) is 0.0122. The third-order valence-electron chi connectivity index (χ3n) is 2.58. The van der Waals surface area contributed by atoms with Gasteiger partial charge in [-0.3, -0.25) is 0 Å². The van der Waals surface area contributed by atoms with Gasteiger partial charge in [-0.1, -0.05) is 13.8 Å². The molecule has 0 aliphatic carbocycles. The van der Waals surface area contributed by atoms with E-state index in [9.17, 15) is 5.11 Å². The summed E-state index contributed by atoms with van der Waals surface area (Å²) in [7, 11) is 0. The van der Waals surface area contributed by atoms with Crippen LogP contribution >= 0.6 is 0 Å². The first-order chi connectivity index (χ1) is 4.69. The number of hydrogen-bond acceptors (Lipinski definition) is 2. The molecule has 1 N–H and O–H groups in total. The van der Waals surface area contributed by atoms with E-state index in [1.807, 2.05) is 0 Å². The molecular weight excluding hydrogens is 128 g/mol. The molecule has 10 heavy (non-hydrogen) atoms. The fourth-order valence-corrected chi connectivity index (χ4v) is 1.28.